The minimum Gasteiger partial charge on any atom is -0.489 e. The highest BCUT2D eigenvalue weighted by Crippen LogP contribution is 2.35. The van der Waals surface area contributed by atoms with Gasteiger partial charge in [0.2, 0.25) is 11.8 Å². The first-order chi connectivity index (χ1) is 15.0. The Morgan fingerprint density at radius 3 is 2.41 bits per heavy atom. The summed E-state index contributed by atoms with van der Waals surface area (Å²) in [6.45, 7) is 6.69. The van der Waals surface area contributed by atoms with Crippen LogP contribution in [0.4, 0.5) is 5.69 Å². The summed E-state index contributed by atoms with van der Waals surface area (Å²) < 4.78 is 5.83. The Bertz CT molecular complexity index is 788. The number of fused-ring (bicyclic) bond motifs is 1. The number of nitrogens with zero attached hydrogens (tertiary/aromatic N) is 2. The molecule has 0 bridgehead atoms. The Morgan fingerprint density at radius 1 is 1.12 bits per heavy atom. The van der Waals surface area contributed by atoms with E-state index in [0.717, 1.165) is 17.7 Å². The van der Waals surface area contributed by atoms with Crippen molar-refractivity contribution in [3.63, 3.8) is 0 Å². The van der Waals surface area contributed by atoms with Crippen LogP contribution in [0.2, 0.25) is 0 Å². The lowest BCUT2D eigenvalue weighted by Gasteiger charge is -2.22. The van der Waals surface area contributed by atoms with Crippen molar-refractivity contribution in [3.8, 4) is 5.75 Å². The number of carbonyl (C=O) groups is 3. The first-order valence-electron chi connectivity index (χ1n) is 11.2. The number of hydrogen-bond donors (Lipinski definition) is 1. The van der Waals surface area contributed by atoms with Crippen LogP contribution in [0.1, 0.15) is 33.1 Å². The lowest BCUT2D eigenvalue weighted by molar-refractivity contribution is -0.140. The van der Waals surface area contributed by atoms with E-state index in [1.165, 1.54) is 4.90 Å². The van der Waals surface area contributed by atoms with Crippen LogP contribution in [0.5, 0.6) is 5.75 Å². The highest BCUT2D eigenvalue weighted by atomic mass is 35.5. The number of aldehydes is 1. The van der Waals surface area contributed by atoms with Gasteiger partial charge in [0.1, 0.15) is 12.0 Å². The highest BCUT2D eigenvalue weighted by molar-refractivity contribution is 6.05. The first kappa shape index (κ1) is 25.9. The maximum Gasteiger partial charge on any atom is 0.233 e. The second kappa shape index (κ2) is 12.6. The number of carbonyl (C=O) groups excluding carboxylic acids is 3. The molecule has 2 unspecified atom stereocenters. The van der Waals surface area contributed by atoms with Crippen molar-refractivity contribution in [1.82, 2.24) is 9.80 Å². The molecule has 176 valence electrons. The Hall–Kier alpha value is -2.38. The van der Waals surface area contributed by atoms with Crippen LogP contribution in [0.25, 0.3) is 0 Å². The summed E-state index contributed by atoms with van der Waals surface area (Å²) in [4.78, 5) is 39.7. The van der Waals surface area contributed by atoms with E-state index in [9.17, 15) is 14.4 Å². The molecule has 2 atom stereocenters. The molecule has 1 aliphatic heterocycles. The maximum atomic E-state index is 12.6. The van der Waals surface area contributed by atoms with Crippen molar-refractivity contribution in [3.05, 3.63) is 36.4 Å². The van der Waals surface area contributed by atoms with E-state index in [4.69, 9.17) is 4.74 Å². The zero-order valence-corrected chi connectivity index (χ0v) is 19.7. The van der Waals surface area contributed by atoms with Crippen LogP contribution in [-0.2, 0) is 14.4 Å². The molecule has 0 aromatic heterocycles. The number of anilines is 1. The van der Waals surface area contributed by atoms with Crippen LogP contribution >= 0.6 is 12.4 Å². The molecule has 2 aliphatic rings. The van der Waals surface area contributed by atoms with Gasteiger partial charge in [-0.3, -0.25) is 19.4 Å². The summed E-state index contributed by atoms with van der Waals surface area (Å²) in [5, 5.41) is 3.38. The fourth-order valence-corrected chi connectivity index (χ4v) is 4.26. The normalized spacial score (nSPS) is 19.8. The molecule has 1 aromatic carbocycles. The molecule has 0 radical (unpaired) electrons. The number of imide groups is 1. The van der Waals surface area contributed by atoms with Gasteiger partial charge in [-0.2, -0.15) is 0 Å². The van der Waals surface area contributed by atoms with Gasteiger partial charge in [0.15, 0.2) is 0 Å². The minimum atomic E-state index is -0.180. The van der Waals surface area contributed by atoms with Crippen molar-refractivity contribution in [1.29, 1.82) is 0 Å². The average Bonchev–Trinajstić information content (AvgIpc) is 2.99. The van der Waals surface area contributed by atoms with E-state index in [0.29, 0.717) is 52.0 Å². The third-order valence-electron chi connectivity index (χ3n) is 5.78. The first-order valence-corrected chi connectivity index (χ1v) is 11.2. The largest absolute Gasteiger partial charge is 0.489 e. The summed E-state index contributed by atoms with van der Waals surface area (Å²) >= 11 is 0. The Morgan fingerprint density at radius 2 is 1.78 bits per heavy atom. The number of halogens is 1. The number of likely N-dealkylation sites (tertiary alicyclic amines) is 1. The van der Waals surface area contributed by atoms with Gasteiger partial charge in [-0.1, -0.05) is 24.3 Å². The van der Waals surface area contributed by atoms with E-state index >= 15 is 0 Å². The van der Waals surface area contributed by atoms with E-state index in [-0.39, 0.29) is 42.2 Å². The van der Waals surface area contributed by atoms with Crippen molar-refractivity contribution in [2.45, 2.75) is 39.2 Å². The van der Waals surface area contributed by atoms with Gasteiger partial charge >= 0.3 is 0 Å². The van der Waals surface area contributed by atoms with Crippen LogP contribution in [-0.4, -0.2) is 66.7 Å². The van der Waals surface area contributed by atoms with Crippen LogP contribution in [0.15, 0.2) is 36.4 Å². The monoisotopic (exact) mass is 463 g/mol. The molecule has 32 heavy (non-hydrogen) atoms. The summed E-state index contributed by atoms with van der Waals surface area (Å²) in [6, 6.07) is 7.80. The highest BCUT2D eigenvalue weighted by Gasteiger charge is 2.46. The van der Waals surface area contributed by atoms with Crippen LogP contribution in [0, 0.1) is 11.8 Å². The van der Waals surface area contributed by atoms with E-state index in [1.54, 1.807) is 0 Å². The number of hydrogen-bond acceptors (Lipinski definition) is 6. The molecule has 1 heterocycles. The number of allylic oxidation sites excluding steroid dienone is 2. The molecule has 1 N–H and O–H groups in total. The molecule has 3 rings (SSSR count). The number of para-hydroxylation sites is 2. The quantitative estimate of drug-likeness (QED) is 0.291. The van der Waals surface area contributed by atoms with Crippen molar-refractivity contribution in [2.75, 3.05) is 38.0 Å². The maximum absolute atomic E-state index is 12.6. The molecule has 1 aliphatic carbocycles. The topological polar surface area (TPSA) is 79.0 Å². The minimum absolute atomic E-state index is 0. The molecule has 1 fully saturated rings. The summed E-state index contributed by atoms with van der Waals surface area (Å²) in [5.41, 5.74) is 0.923. The van der Waals surface area contributed by atoms with Crippen LogP contribution < -0.4 is 10.1 Å². The predicted molar refractivity (Wildman–Crippen MR) is 127 cm³/mol. The zero-order chi connectivity index (χ0) is 22.2. The SMILES string of the molecule is CC(C)Oc1ccccc1NCCN(CC=O)CCCN1C(=O)C2CC=CCC2C1=O.Cl. The van der Waals surface area contributed by atoms with E-state index in [2.05, 4.69) is 5.32 Å². The number of benzene rings is 1. The lowest BCUT2D eigenvalue weighted by Crippen LogP contribution is -2.36. The molecule has 0 spiro atoms. The fraction of sp³-hybridized carbons (Fsp3) is 0.542. The molecular weight excluding hydrogens is 430 g/mol. The number of nitrogens with one attached hydrogen (secondary N) is 1. The summed E-state index contributed by atoms with van der Waals surface area (Å²) in [5.74, 6) is 0.373. The number of amides is 2. The zero-order valence-electron chi connectivity index (χ0n) is 18.9. The van der Waals surface area contributed by atoms with Crippen molar-refractivity contribution < 1.29 is 19.1 Å². The number of ether oxygens (including phenoxy) is 1. The molecule has 0 saturated carbocycles. The smallest absolute Gasteiger partial charge is 0.233 e. The Balaban J connectivity index is 0.00000363. The second-order valence-corrected chi connectivity index (χ2v) is 8.39. The lowest BCUT2D eigenvalue weighted by atomic mass is 9.85. The standard InChI is InChI=1S/C24H33N3O4.ClH/c1-18(2)31-22-11-6-5-10-21(22)25-12-15-26(16-17-28)13-7-14-27-23(29)19-8-3-4-9-20(19)24(27)30;/h3-6,10-11,17-20,25H,7-9,12-16H2,1-2H3;1H. The fourth-order valence-electron chi connectivity index (χ4n) is 4.26. The number of rotatable bonds is 12. The van der Waals surface area contributed by atoms with Gasteiger partial charge in [0.25, 0.3) is 0 Å². The van der Waals surface area contributed by atoms with E-state index < -0.39 is 0 Å². The Labute approximate surface area is 196 Å². The van der Waals surface area contributed by atoms with Gasteiger partial charge in [0.05, 0.1) is 30.2 Å². The molecule has 1 saturated heterocycles. The van der Waals surface area contributed by atoms with Gasteiger partial charge in [-0.25, -0.2) is 0 Å². The molecule has 8 heteroatoms. The second-order valence-electron chi connectivity index (χ2n) is 8.39. The summed E-state index contributed by atoms with van der Waals surface area (Å²) in [6.07, 6.45) is 6.96. The third kappa shape index (κ3) is 6.56. The van der Waals surface area contributed by atoms with Crippen molar-refractivity contribution >= 4 is 36.2 Å². The van der Waals surface area contributed by atoms with Crippen LogP contribution in [0.3, 0.4) is 0 Å². The van der Waals surface area contributed by atoms with Gasteiger partial charge in [0, 0.05) is 26.2 Å². The Kier molecular flexibility index (Phi) is 10.2. The van der Waals surface area contributed by atoms with E-state index in [1.807, 2.05) is 55.2 Å². The van der Waals surface area contributed by atoms with Gasteiger partial charge in [-0.05, 0) is 45.2 Å². The van der Waals surface area contributed by atoms with Gasteiger partial charge < -0.3 is 14.8 Å². The average molecular weight is 464 g/mol. The molecule has 1 aromatic rings. The molecule has 2 amide bonds. The van der Waals surface area contributed by atoms with Gasteiger partial charge in [-0.15, -0.1) is 12.4 Å². The predicted octanol–water partition coefficient (Wildman–Crippen LogP) is 3.15. The molecular formula is C24H34ClN3O4. The van der Waals surface area contributed by atoms with Crippen molar-refractivity contribution in [2.24, 2.45) is 11.8 Å². The third-order valence-corrected chi connectivity index (χ3v) is 5.78. The summed E-state index contributed by atoms with van der Waals surface area (Å²) in [7, 11) is 0. The molecule has 7 nitrogen and oxygen atoms in total.